The Morgan fingerprint density at radius 1 is 0.405 bits per heavy atom. The van der Waals surface area contributed by atoms with Crippen LogP contribution in [0.5, 0.6) is 28.7 Å². The number of ether oxygens (including phenoxy) is 6. The molecule has 0 saturated heterocycles. The molecule has 28 nitrogen and oxygen atoms in total. The summed E-state index contributed by atoms with van der Waals surface area (Å²) in [5, 5.41) is 67.3. The van der Waals surface area contributed by atoms with Gasteiger partial charge in [0.2, 0.25) is 0 Å². The lowest BCUT2D eigenvalue weighted by molar-refractivity contribution is -0.385. The Hall–Kier alpha value is -10.8. The summed E-state index contributed by atoms with van der Waals surface area (Å²) in [4.78, 5) is 133. The maximum atomic E-state index is 13.7. The van der Waals surface area contributed by atoms with Crippen LogP contribution >= 0.6 is 0 Å². The monoisotopic (exact) mass is 1030 g/mol. The number of carboxylic acid groups (broad SMARTS) is 5. The summed E-state index contributed by atoms with van der Waals surface area (Å²) in [6.07, 6.45) is 0. The number of hydrogen-bond donors (Lipinski definition) is 9. The highest BCUT2D eigenvalue weighted by molar-refractivity contribution is 6.10. The molecule has 74 heavy (non-hydrogen) atoms. The van der Waals surface area contributed by atoms with Gasteiger partial charge in [-0.1, -0.05) is 0 Å². The van der Waals surface area contributed by atoms with Gasteiger partial charge >= 0.3 is 41.5 Å². The zero-order chi connectivity index (χ0) is 54.2. The third-order valence-corrected chi connectivity index (χ3v) is 9.30. The number of esters is 1. The van der Waals surface area contributed by atoms with Crippen molar-refractivity contribution in [3.05, 3.63) is 129 Å². The number of benzene rings is 5. The predicted octanol–water partition coefficient (Wildman–Crippen LogP) is 3.71. The second kappa shape index (κ2) is 24.7. The fourth-order valence-electron chi connectivity index (χ4n) is 6.05. The van der Waals surface area contributed by atoms with Gasteiger partial charge in [-0.15, -0.1) is 0 Å². The van der Waals surface area contributed by atoms with Gasteiger partial charge < -0.3 is 75.2 Å². The molecule has 0 fully saturated rings. The molecule has 0 spiro atoms. The number of nitrogens with one attached hydrogen (secondary N) is 4. The summed E-state index contributed by atoms with van der Waals surface area (Å²) in [7, 11) is 1.11. The van der Waals surface area contributed by atoms with Gasteiger partial charge in [-0.3, -0.25) is 29.3 Å². The first-order valence-electron chi connectivity index (χ1n) is 20.5. The number of carbonyl (C=O) groups is 10. The van der Waals surface area contributed by atoms with E-state index in [9.17, 15) is 73.4 Å². The number of methoxy groups -OCH3 is 1. The Bertz CT molecular complexity index is 3100. The lowest BCUT2D eigenvalue weighted by Gasteiger charge is -2.16. The van der Waals surface area contributed by atoms with E-state index in [0.29, 0.717) is 0 Å². The zero-order valence-electron chi connectivity index (χ0n) is 37.7. The summed E-state index contributed by atoms with van der Waals surface area (Å²) in [5.41, 5.74) is -2.34. The Labute approximate surface area is 413 Å². The van der Waals surface area contributed by atoms with Gasteiger partial charge in [0.15, 0.2) is 38.8 Å². The molecule has 0 aliphatic heterocycles. The number of hydrogen-bond acceptors (Lipinski definition) is 18. The first-order chi connectivity index (χ1) is 35.1. The molecule has 28 heteroatoms. The third kappa shape index (κ3) is 15.1. The minimum atomic E-state index is -1.47. The van der Waals surface area contributed by atoms with E-state index >= 15 is 0 Å². The van der Waals surface area contributed by atoms with E-state index in [1.165, 1.54) is 24.3 Å². The van der Waals surface area contributed by atoms with E-state index in [4.69, 9.17) is 33.9 Å². The molecule has 5 aromatic carbocycles. The fraction of sp³-hybridized carbons (Fsp3) is 0.130. The van der Waals surface area contributed by atoms with E-state index in [-0.39, 0.29) is 73.6 Å². The average Bonchev–Trinajstić information content (AvgIpc) is 3.35. The second-order valence-electron chi connectivity index (χ2n) is 14.5. The quantitative estimate of drug-likeness (QED) is 0.0228. The first kappa shape index (κ1) is 54.1. The van der Waals surface area contributed by atoms with Crippen LogP contribution < -0.4 is 45.0 Å². The van der Waals surface area contributed by atoms with Crippen molar-refractivity contribution < 1.29 is 107 Å². The van der Waals surface area contributed by atoms with Crippen LogP contribution in [-0.2, 0) is 28.7 Å². The molecule has 0 aromatic heterocycles. The largest absolute Gasteiger partial charge is 0.480 e. The lowest BCUT2D eigenvalue weighted by Crippen LogP contribution is -2.19. The second-order valence-corrected chi connectivity index (χ2v) is 14.5. The molecule has 384 valence electrons. The molecular formula is C46H37N5O23. The zero-order valence-corrected chi connectivity index (χ0v) is 37.7. The van der Waals surface area contributed by atoms with Gasteiger partial charge in [0.25, 0.3) is 23.6 Å². The van der Waals surface area contributed by atoms with E-state index in [2.05, 4.69) is 26.0 Å². The number of anilines is 4. The van der Waals surface area contributed by atoms with Crippen LogP contribution in [0.4, 0.5) is 28.4 Å². The lowest BCUT2D eigenvalue weighted by atomic mass is 10.1. The first-order valence-corrected chi connectivity index (χ1v) is 20.5. The fourth-order valence-corrected chi connectivity index (χ4v) is 6.05. The maximum absolute atomic E-state index is 13.7. The molecule has 0 aliphatic rings. The number of rotatable bonds is 25. The van der Waals surface area contributed by atoms with Crippen molar-refractivity contribution in [1.82, 2.24) is 0 Å². The number of nitro benzene ring substituents is 1. The van der Waals surface area contributed by atoms with Gasteiger partial charge in [-0.25, -0.2) is 28.8 Å². The van der Waals surface area contributed by atoms with Gasteiger partial charge in [0.1, 0.15) is 23.0 Å². The molecule has 9 N–H and O–H groups in total. The Morgan fingerprint density at radius 3 is 0.919 bits per heavy atom. The topological polar surface area (TPSA) is 418 Å². The van der Waals surface area contributed by atoms with E-state index in [1.54, 1.807) is 0 Å². The summed E-state index contributed by atoms with van der Waals surface area (Å²) >= 11 is 0. The standard InChI is InChI=1S/C46H37N5O23/c1-69-46(66)26-5-10-30(35(16-26)73-20-40(58)59)50-44(64)24-3-8-28(33(14-24)71-18-38(54)55)48-42(62)22-2-7-27(32(12-22)70-17-37(52)53)47-43(63)23-4-9-29(34(13-23)72-19-39(56)57)49-45(65)25-6-11-31(51(67)68)36(15-25)74-21-41(60)61/h2-16H,17-21H2,1H3,(H,47,63)(H,48,62)(H,49,65)(H,50,64)(H,52,53)(H,54,55)(H,56,57)(H,58,59)(H,60,61). The average molecular weight is 1030 g/mol. The predicted molar refractivity (Wildman–Crippen MR) is 248 cm³/mol. The van der Waals surface area contributed by atoms with E-state index in [1.807, 2.05) is 0 Å². The minimum absolute atomic E-state index is 0.0419. The van der Waals surface area contributed by atoms with Crippen molar-refractivity contribution in [2.75, 3.05) is 61.4 Å². The summed E-state index contributed by atoms with van der Waals surface area (Å²) in [5.74, 6) is -13.6. The van der Waals surface area contributed by atoms with Crippen LogP contribution in [0.2, 0.25) is 0 Å². The van der Waals surface area contributed by atoms with Crippen LogP contribution in [0.3, 0.4) is 0 Å². The Balaban J connectivity index is 1.39. The molecular weight excluding hydrogens is 991 g/mol. The summed E-state index contributed by atoms with van der Waals surface area (Å²) in [6, 6.07) is 16.4. The maximum Gasteiger partial charge on any atom is 0.341 e. The number of aliphatic carboxylic acids is 5. The van der Waals surface area contributed by atoms with Crippen molar-refractivity contribution in [1.29, 1.82) is 0 Å². The van der Waals surface area contributed by atoms with Crippen LogP contribution in [-0.4, -0.2) is 130 Å². The number of nitrogens with zero attached hydrogens (tertiary/aromatic N) is 1. The molecule has 0 unspecified atom stereocenters. The Kier molecular flexibility index (Phi) is 18.0. The number of carbonyl (C=O) groups excluding carboxylic acids is 5. The molecule has 4 amide bonds. The van der Waals surface area contributed by atoms with Gasteiger partial charge in [-0.05, 0) is 78.9 Å². The summed E-state index contributed by atoms with van der Waals surface area (Å²) < 4.78 is 30.9. The highest BCUT2D eigenvalue weighted by Gasteiger charge is 2.23. The number of amides is 4. The molecule has 0 atom stereocenters. The smallest absolute Gasteiger partial charge is 0.341 e. The van der Waals surface area contributed by atoms with Crippen molar-refractivity contribution in [3.63, 3.8) is 0 Å². The highest BCUT2D eigenvalue weighted by atomic mass is 16.6. The molecule has 5 aromatic rings. The normalized spacial score (nSPS) is 10.3. The molecule has 5 rings (SSSR count). The molecule has 0 heterocycles. The molecule has 0 bridgehead atoms. The van der Waals surface area contributed by atoms with Crippen molar-refractivity contribution in [2.45, 2.75) is 0 Å². The minimum Gasteiger partial charge on any atom is -0.480 e. The third-order valence-electron chi connectivity index (χ3n) is 9.30. The van der Waals surface area contributed by atoms with Crippen molar-refractivity contribution in [2.24, 2.45) is 0 Å². The summed E-state index contributed by atoms with van der Waals surface area (Å²) in [6.45, 7) is -4.77. The van der Waals surface area contributed by atoms with Gasteiger partial charge in [0, 0.05) is 34.4 Å². The van der Waals surface area contributed by atoms with Crippen molar-refractivity contribution in [3.8, 4) is 28.7 Å². The number of nitro groups is 1. The highest BCUT2D eigenvalue weighted by Crippen LogP contribution is 2.34. The Morgan fingerprint density at radius 2 is 0.649 bits per heavy atom. The molecule has 0 saturated carbocycles. The van der Waals surface area contributed by atoms with Gasteiger partial charge in [-0.2, -0.15) is 0 Å². The van der Waals surface area contributed by atoms with Crippen molar-refractivity contribution >= 4 is 87.9 Å². The van der Waals surface area contributed by atoms with Crippen LogP contribution in [0.15, 0.2) is 91.0 Å². The molecule has 0 radical (unpaired) electrons. The van der Waals surface area contributed by atoms with Crippen LogP contribution in [0.1, 0.15) is 51.8 Å². The van der Waals surface area contributed by atoms with E-state index in [0.717, 1.165) is 73.8 Å². The SMILES string of the molecule is COC(=O)c1ccc(NC(=O)c2ccc(NC(=O)c3ccc(NC(=O)c4ccc(NC(=O)c5ccc([N+](=O)[O-])c(OCC(=O)O)c5)c(OCC(=O)O)c4)c(OCC(=O)O)c3)c(OCC(=O)O)c2)c(OCC(=O)O)c1. The molecule has 0 aliphatic carbocycles. The van der Waals surface area contributed by atoms with Crippen LogP contribution in [0.25, 0.3) is 0 Å². The number of carboxylic acids is 5. The van der Waals surface area contributed by atoms with Gasteiger partial charge in [0.05, 0.1) is 40.3 Å². The van der Waals surface area contributed by atoms with E-state index < -0.39 is 109 Å². The van der Waals surface area contributed by atoms with Crippen LogP contribution in [0, 0.1) is 10.1 Å².